The number of nitrogens with zero attached hydrogens (tertiary/aromatic N) is 5. The van der Waals surface area contributed by atoms with Gasteiger partial charge >= 0.3 is 0 Å². The standard InChI is InChI=1S/C20H20N8O/c1-13(2)28-12-23-27-19(28)16-7-4-8-17(25-16)26-20(29)14-5-3-6-15(9-14)24-18-10-21-11-22-18/h3-13,24H,1-2H3,(H,21,22)(H,25,26,29). The summed E-state index contributed by atoms with van der Waals surface area (Å²) in [7, 11) is 0. The molecule has 0 bridgehead atoms. The van der Waals surface area contributed by atoms with E-state index in [9.17, 15) is 4.79 Å². The Balaban J connectivity index is 1.52. The van der Waals surface area contributed by atoms with E-state index in [1.54, 1.807) is 37.1 Å². The fraction of sp³-hybridized carbons (Fsp3) is 0.150. The van der Waals surface area contributed by atoms with Crippen LogP contribution in [0.2, 0.25) is 0 Å². The van der Waals surface area contributed by atoms with E-state index in [-0.39, 0.29) is 11.9 Å². The van der Waals surface area contributed by atoms with Crippen molar-refractivity contribution in [1.82, 2.24) is 29.7 Å². The lowest BCUT2D eigenvalue weighted by Crippen LogP contribution is -2.13. The number of carbonyl (C=O) groups is 1. The minimum absolute atomic E-state index is 0.199. The van der Waals surface area contributed by atoms with Gasteiger partial charge < -0.3 is 20.2 Å². The van der Waals surface area contributed by atoms with Crippen molar-refractivity contribution in [3.63, 3.8) is 0 Å². The Labute approximate surface area is 167 Å². The molecule has 9 nitrogen and oxygen atoms in total. The first-order valence-electron chi connectivity index (χ1n) is 9.14. The van der Waals surface area contributed by atoms with Gasteiger partial charge in [0, 0.05) is 17.3 Å². The van der Waals surface area contributed by atoms with Gasteiger partial charge in [0.2, 0.25) is 0 Å². The zero-order chi connectivity index (χ0) is 20.2. The Morgan fingerprint density at radius 2 is 2.03 bits per heavy atom. The smallest absolute Gasteiger partial charge is 0.256 e. The highest BCUT2D eigenvalue weighted by atomic mass is 16.1. The first-order chi connectivity index (χ1) is 14.1. The fourth-order valence-electron chi connectivity index (χ4n) is 2.84. The fourth-order valence-corrected chi connectivity index (χ4v) is 2.84. The van der Waals surface area contributed by atoms with E-state index in [4.69, 9.17) is 0 Å². The van der Waals surface area contributed by atoms with Crippen molar-refractivity contribution in [2.24, 2.45) is 0 Å². The van der Waals surface area contributed by atoms with Crippen LogP contribution in [0.15, 0.2) is 61.3 Å². The molecule has 1 aromatic carbocycles. The van der Waals surface area contributed by atoms with Crippen LogP contribution in [0.4, 0.5) is 17.3 Å². The van der Waals surface area contributed by atoms with Gasteiger partial charge in [-0.3, -0.25) is 4.79 Å². The number of anilines is 3. The van der Waals surface area contributed by atoms with Gasteiger partial charge in [0.15, 0.2) is 5.82 Å². The van der Waals surface area contributed by atoms with Crippen LogP contribution in [0.3, 0.4) is 0 Å². The van der Waals surface area contributed by atoms with E-state index < -0.39 is 0 Å². The molecule has 0 saturated heterocycles. The number of amides is 1. The Kier molecular flexibility index (Phi) is 5.02. The highest BCUT2D eigenvalue weighted by Gasteiger charge is 2.13. The number of aromatic amines is 1. The molecule has 0 atom stereocenters. The second-order valence-electron chi connectivity index (χ2n) is 6.69. The van der Waals surface area contributed by atoms with E-state index in [0.29, 0.717) is 22.9 Å². The molecule has 0 saturated carbocycles. The highest BCUT2D eigenvalue weighted by molar-refractivity contribution is 6.04. The quantitative estimate of drug-likeness (QED) is 0.465. The maximum atomic E-state index is 12.7. The topological polar surface area (TPSA) is 113 Å². The van der Waals surface area contributed by atoms with Crippen molar-refractivity contribution in [3.05, 3.63) is 66.9 Å². The van der Waals surface area contributed by atoms with Crippen molar-refractivity contribution >= 4 is 23.2 Å². The van der Waals surface area contributed by atoms with Crippen LogP contribution < -0.4 is 10.6 Å². The predicted octanol–water partition coefficient (Wildman–Crippen LogP) is 3.64. The van der Waals surface area contributed by atoms with Crippen LogP contribution in [-0.2, 0) is 0 Å². The summed E-state index contributed by atoms with van der Waals surface area (Å²) in [5.41, 5.74) is 1.92. The molecule has 0 fully saturated rings. The van der Waals surface area contributed by atoms with Crippen LogP contribution in [0.5, 0.6) is 0 Å². The number of benzene rings is 1. The van der Waals surface area contributed by atoms with Crippen molar-refractivity contribution in [3.8, 4) is 11.5 Å². The van der Waals surface area contributed by atoms with Gasteiger partial charge in [-0.1, -0.05) is 12.1 Å². The largest absolute Gasteiger partial charge is 0.340 e. The molecule has 0 aliphatic rings. The molecule has 1 amide bonds. The van der Waals surface area contributed by atoms with E-state index in [1.807, 2.05) is 42.7 Å². The molecule has 0 aliphatic heterocycles. The van der Waals surface area contributed by atoms with E-state index >= 15 is 0 Å². The van der Waals surface area contributed by atoms with Gasteiger partial charge in [0.25, 0.3) is 5.91 Å². The first kappa shape index (κ1) is 18.4. The number of hydrogen-bond acceptors (Lipinski definition) is 6. The second kappa shape index (κ2) is 7.93. The number of rotatable bonds is 6. The van der Waals surface area contributed by atoms with Crippen LogP contribution in [-0.4, -0.2) is 35.6 Å². The summed E-state index contributed by atoms with van der Waals surface area (Å²) in [6.07, 6.45) is 4.92. The van der Waals surface area contributed by atoms with Gasteiger partial charge in [-0.05, 0) is 44.2 Å². The van der Waals surface area contributed by atoms with Crippen LogP contribution in [0.25, 0.3) is 11.5 Å². The zero-order valence-corrected chi connectivity index (χ0v) is 16.0. The lowest BCUT2D eigenvalue weighted by atomic mass is 10.2. The maximum absolute atomic E-state index is 12.7. The van der Waals surface area contributed by atoms with Crippen LogP contribution in [0, 0.1) is 0 Å². The average molecular weight is 388 g/mol. The third kappa shape index (κ3) is 4.13. The van der Waals surface area contributed by atoms with Crippen molar-refractivity contribution in [2.45, 2.75) is 19.9 Å². The Morgan fingerprint density at radius 1 is 1.17 bits per heavy atom. The number of pyridine rings is 1. The zero-order valence-electron chi connectivity index (χ0n) is 16.0. The van der Waals surface area contributed by atoms with Crippen molar-refractivity contribution in [1.29, 1.82) is 0 Å². The molecule has 3 heterocycles. The van der Waals surface area contributed by atoms with Crippen LogP contribution in [0.1, 0.15) is 30.2 Å². The Hall–Kier alpha value is -4.01. The third-order valence-corrected chi connectivity index (χ3v) is 4.25. The van der Waals surface area contributed by atoms with Gasteiger partial charge in [0.1, 0.15) is 23.7 Å². The molecule has 0 unspecified atom stereocenters. The summed E-state index contributed by atoms with van der Waals surface area (Å²) in [4.78, 5) is 24.2. The Bertz CT molecular complexity index is 1120. The molecular weight excluding hydrogens is 368 g/mol. The summed E-state index contributed by atoms with van der Waals surface area (Å²) >= 11 is 0. The minimum Gasteiger partial charge on any atom is -0.340 e. The van der Waals surface area contributed by atoms with E-state index in [2.05, 4.69) is 35.8 Å². The molecule has 3 aromatic heterocycles. The number of carbonyl (C=O) groups excluding carboxylic acids is 1. The first-order valence-corrected chi connectivity index (χ1v) is 9.14. The third-order valence-electron chi connectivity index (χ3n) is 4.25. The molecule has 4 rings (SSSR count). The molecule has 4 aromatic rings. The predicted molar refractivity (Wildman–Crippen MR) is 110 cm³/mol. The summed E-state index contributed by atoms with van der Waals surface area (Å²) in [5.74, 6) is 1.58. The molecule has 0 aliphatic carbocycles. The Morgan fingerprint density at radius 3 is 2.83 bits per heavy atom. The highest BCUT2D eigenvalue weighted by Crippen LogP contribution is 2.21. The molecule has 3 N–H and O–H groups in total. The average Bonchev–Trinajstić information content (AvgIpc) is 3.40. The monoisotopic (exact) mass is 388 g/mol. The SMILES string of the molecule is CC(C)n1cnnc1-c1cccc(NC(=O)c2cccc(Nc3cnc[nH]3)c2)n1. The van der Waals surface area contributed by atoms with Crippen LogP contribution >= 0.6 is 0 Å². The summed E-state index contributed by atoms with van der Waals surface area (Å²) in [5, 5.41) is 14.1. The molecule has 0 spiro atoms. The number of imidazole rings is 1. The molecule has 29 heavy (non-hydrogen) atoms. The lowest BCUT2D eigenvalue weighted by molar-refractivity contribution is 0.102. The van der Waals surface area contributed by atoms with E-state index in [1.165, 1.54) is 0 Å². The number of hydrogen-bond donors (Lipinski definition) is 3. The second-order valence-corrected chi connectivity index (χ2v) is 6.69. The number of aromatic nitrogens is 6. The number of H-pyrrole nitrogens is 1. The van der Waals surface area contributed by atoms with Gasteiger partial charge in [-0.2, -0.15) is 0 Å². The van der Waals surface area contributed by atoms with Gasteiger partial charge in [-0.15, -0.1) is 10.2 Å². The summed E-state index contributed by atoms with van der Waals surface area (Å²) < 4.78 is 1.93. The number of nitrogens with one attached hydrogen (secondary N) is 3. The van der Waals surface area contributed by atoms with Crippen molar-refractivity contribution < 1.29 is 4.79 Å². The van der Waals surface area contributed by atoms with Gasteiger partial charge in [0.05, 0.1) is 12.5 Å². The maximum Gasteiger partial charge on any atom is 0.256 e. The molecule has 9 heteroatoms. The summed E-state index contributed by atoms with van der Waals surface area (Å²) in [6, 6.07) is 12.8. The molecule has 0 radical (unpaired) electrons. The van der Waals surface area contributed by atoms with Gasteiger partial charge in [-0.25, -0.2) is 9.97 Å². The normalized spacial score (nSPS) is 10.9. The lowest BCUT2D eigenvalue weighted by Gasteiger charge is -2.11. The summed E-state index contributed by atoms with van der Waals surface area (Å²) in [6.45, 7) is 4.09. The van der Waals surface area contributed by atoms with Crippen molar-refractivity contribution in [2.75, 3.05) is 10.6 Å². The minimum atomic E-state index is -0.256. The van der Waals surface area contributed by atoms with E-state index in [0.717, 1.165) is 11.5 Å². The molecule has 146 valence electrons. The molecular formula is C20H20N8O.